The van der Waals surface area contributed by atoms with Crippen molar-refractivity contribution in [1.29, 1.82) is 0 Å². The zero-order chi connectivity index (χ0) is 16.4. The first-order chi connectivity index (χ1) is 11.1. The number of rotatable bonds is 3. The van der Waals surface area contributed by atoms with Crippen LogP contribution in [0.25, 0.3) is 21.7 Å². The Hall–Kier alpha value is -3.41. The highest BCUT2D eigenvalue weighted by Gasteiger charge is 2.14. The average molecular weight is 309 g/mol. The van der Waals surface area contributed by atoms with Crippen molar-refractivity contribution < 1.29 is 26.0 Å². The lowest BCUT2D eigenvalue weighted by Gasteiger charge is -2.09. The second-order valence-electron chi connectivity index (χ2n) is 4.73. The van der Waals surface area contributed by atoms with Crippen molar-refractivity contribution >= 4 is 33.6 Å². The fourth-order valence-electron chi connectivity index (χ4n) is 2.28. The fourth-order valence-corrected chi connectivity index (χ4v) is 2.28. The maximum atomic E-state index is 11.8. The Morgan fingerprint density at radius 1 is 1.17 bits per heavy atom. The van der Waals surface area contributed by atoms with E-state index in [9.17, 15) is 19.8 Å². The average Bonchev–Trinajstić information content (AvgIpc) is 2.54. The van der Waals surface area contributed by atoms with Crippen molar-refractivity contribution in [2.45, 2.75) is 0 Å². The van der Waals surface area contributed by atoms with Crippen LogP contribution < -0.4 is 9.84 Å². The van der Waals surface area contributed by atoms with E-state index in [-0.39, 0.29) is 13.3 Å². The molecule has 1 N–H and O–H groups in total. The lowest BCUT2D eigenvalue weighted by Crippen LogP contribution is -2.22. The van der Waals surface area contributed by atoms with Crippen LogP contribution in [0.1, 0.15) is 1.43 Å². The third kappa shape index (κ3) is 2.82. The molecule has 0 aliphatic carbocycles. The minimum absolute atomic E-state index is 0. The van der Waals surface area contributed by atoms with Gasteiger partial charge in [0.15, 0.2) is 0 Å². The summed E-state index contributed by atoms with van der Waals surface area (Å²) in [5, 5.41) is 22.1. The molecular formula is C17H11NO5. The van der Waals surface area contributed by atoms with Gasteiger partial charge in [-0.3, -0.25) is 4.98 Å². The Kier molecular flexibility index (Phi) is 3.64. The van der Waals surface area contributed by atoms with Crippen LogP contribution in [-0.2, 0) is 9.59 Å². The smallest absolute Gasteiger partial charge is 0.545 e. The van der Waals surface area contributed by atoms with Crippen molar-refractivity contribution in [2.24, 2.45) is 0 Å². The van der Waals surface area contributed by atoms with Gasteiger partial charge in [-0.05, 0) is 17.5 Å². The molecule has 3 aromatic rings. The number of aromatic nitrogens is 1. The van der Waals surface area contributed by atoms with Gasteiger partial charge >= 0.3 is 7.40 Å². The van der Waals surface area contributed by atoms with Crippen LogP contribution in [0.15, 0.2) is 60.5 Å². The number of pyridine rings is 1. The van der Waals surface area contributed by atoms with Crippen LogP contribution in [0.5, 0.6) is 5.75 Å². The van der Waals surface area contributed by atoms with Crippen LogP contribution in [-0.4, -0.2) is 22.0 Å². The molecule has 23 heavy (non-hydrogen) atoms. The summed E-state index contributed by atoms with van der Waals surface area (Å²) in [5.74, 6) is -3.75. The van der Waals surface area contributed by atoms with Crippen LogP contribution in [0, 0.1) is 0 Å². The van der Waals surface area contributed by atoms with E-state index in [1.807, 2.05) is 24.3 Å². The number of hydrogen-bond acceptors (Lipinski definition) is 6. The topological polar surface area (TPSA) is 99.6 Å². The van der Waals surface area contributed by atoms with Gasteiger partial charge in [-0.2, -0.15) is 0 Å². The number of carbonyl (C=O) groups is 2. The first-order valence-electron chi connectivity index (χ1n) is 6.66. The van der Waals surface area contributed by atoms with Crippen molar-refractivity contribution in [3.8, 4) is 5.75 Å². The van der Waals surface area contributed by atoms with Crippen molar-refractivity contribution in [3.05, 3.63) is 60.5 Å². The number of esters is 1. The molecule has 1 aromatic heterocycles. The van der Waals surface area contributed by atoms with Gasteiger partial charge in [-0.15, -0.1) is 0 Å². The summed E-state index contributed by atoms with van der Waals surface area (Å²) in [6.07, 6.45) is 1.97. The van der Waals surface area contributed by atoms with E-state index in [2.05, 4.69) is 4.98 Å². The monoisotopic (exact) mass is 309 g/mol. The number of carbonyl (C=O) groups excluding carboxylic acids is 2. The van der Waals surface area contributed by atoms with E-state index >= 15 is 0 Å². The molecule has 6 nitrogen and oxygen atoms in total. The molecule has 0 saturated carbocycles. The molecule has 0 aliphatic heterocycles. The van der Waals surface area contributed by atoms with Gasteiger partial charge in [0.2, 0.25) is 5.76 Å². The predicted octanol–water partition coefficient (Wildman–Crippen LogP) is 1.60. The normalized spacial score (nSPS) is 11.6. The summed E-state index contributed by atoms with van der Waals surface area (Å²) < 4.78 is 5.11. The summed E-state index contributed by atoms with van der Waals surface area (Å²) in [6, 6.07) is 12.4. The van der Waals surface area contributed by atoms with Crippen molar-refractivity contribution in [2.75, 3.05) is 0 Å². The number of carboxylic acid groups (broad SMARTS) is 1. The van der Waals surface area contributed by atoms with Gasteiger partial charge in [0.1, 0.15) is 5.75 Å². The van der Waals surface area contributed by atoms with Gasteiger partial charge in [0.05, 0.1) is 16.9 Å². The second kappa shape index (κ2) is 5.76. The maximum absolute atomic E-state index is 11.8. The molecule has 114 valence electrons. The van der Waals surface area contributed by atoms with E-state index in [0.29, 0.717) is 10.9 Å². The largest absolute Gasteiger partial charge is 1.00 e. The van der Waals surface area contributed by atoms with Gasteiger partial charge in [-0.1, -0.05) is 30.3 Å². The Morgan fingerprint density at radius 2 is 1.96 bits per heavy atom. The lowest BCUT2D eigenvalue weighted by atomic mass is 10.1. The number of aliphatic hydroxyl groups excluding tert-OH is 1. The van der Waals surface area contributed by atoms with E-state index in [1.54, 1.807) is 24.4 Å². The Balaban J connectivity index is 0.00000208. The van der Waals surface area contributed by atoms with Gasteiger partial charge < -0.3 is 19.7 Å². The lowest BCUT2D eigenvalue weighted by molar-refractivity contribution is -0.297. The number of fused-ring (bicyclic) bond motifs is 3. The molecule has 0 aliphatic rings. The first-order valence-corrected chi connectivity index (χ1v) is 6.66. The Labute approximate surface area is 131 Å². The highest BCUT2D eigenvalue weighted by Crippen LogP contribution is 2.31. The fraction of sp³-hybridized carbons (Fsp3) is 0. The summed E-state index contributed by atoms with van der Waals surface area (Å²) in [4.78, 5) is 26.5. The third-order valence-corrected chi connectivity index (χ3v) is 3.24. The zero-order valence-electron chi connectivity index (χ0n) is 12.7. The van der Waals surface area contributed by atoms with Gasteiger partial charge in [0.25, 0.3) is 0 Å². The quantitative estimate of drug-likeness (QED) is 0.259. The summed E-state index contributed by atoms with van der Waals surface area (Å²) in [6.45, 7) is 0. The molecule has 1 heterocycles. The number of nitrogens with zero attached hydrogens (tertiary/aromatic N) is 1. The predicted molar refractivity (Wildman–Crippen MR) is 81.7 cm³/mol. The molecule has 0 bridgehead atoms. The maximum Gasteiger partial charge on any atom is 1.00 e. The Bertz CT molecular complexity index is 968. The van der Waals surface area contributed by atoms with Crippen LogP contribution in [0.3, 0.4) is 0 Å². The minimum Gasteiger partial charge on any atom is -0.545 e. The summed E-state index contributed by atoms with van der Waals surface area (Å²) in [5.41, 5.74) is 0.609. The number of benzene rings is 2. The van der Waals surface area contributed by atoms with E-state index in [0.717, 1.165) is 10.8 Å². The van der Waals surface area contributed by atoms with E-state index in [1.165, 1.54) is 0 Å². The van der Waals surface area contributed by atoms with Gasteiger partial charge in [0, 0.05) is 17.7 Å². The molecule has 3 rings (SSSR count). The SMILES string of the molecule is O=C([O-])/C=C(\O)C(=O)Oc1cccc2ncc3ccccc3c12.[H+]. The molecule has 0 spiro atoms. The molecule has 0 atom stereocenters. The minimum atomic E-state index is -1.69. The Morgan fingerprint density at radius 3 is 2.74 bits per heavy atom. The summed E-state index contributed by atoms with van der Waals surface area (Å²) >= 11 is 0. The van der Waals surface area contributed by atoms with Crippen LogP contribution in [0.4, 0.5) is 0 Å². The highest BCUT2D eigenvalue weighted by atomic mass is 16.5. The van der Waals surface area contributed by atoms with Crippen LogP contribution >= 0.6 is 0 Å². The standard InChI is InChI=1S/C17H11NO5/c19-13(8-15(20)21)17(22)23-14-7-3-6-12-16(14)11-5-2-1-4-10(11)9-18-12/h1-9,19H,(H,20,21)/b13-8-. The molecule has 0 amide bonds. The number of carboxylic acids is 1. The summed E-state index contributed by atoms with van der Waals surface area (Å²) in [7, 11) is 0. The molecule has 0 unspecified atom stereocenters. The number of hydrogen-bond donors (Lipinski definition) is 1. The molecule has 0 saturated heterocycles. The first kappa shape index (κ1) is 14.5. The van der Waals surface area contributed by atoms with Gasteiger partial charge in [-0.25, -0.2) is 4.79 Å². The second-order valence-corrected chi connectivity index (χ2v) is 4.73. The number of aliphatic hydroxyl groups is 1. The number of ether oxygens (including phenoxy) is 1. The molecule has 0 fully saturated rings. The third-order valence-electron chi connectivity index (χ3n) is 3.24. The number of aliphatic carboxylic acids is 1. The zero-order valence-corrected chi connectivity index (χ0v) is 11.7. The van der Waals surface area contributed by atoms with E-state index in [4.69, 9.17) is 4.74 Å². The molecule has 0 radical (unpaired) electrons. The highest BCUT2D eigenvalue weighted by molar-refractivity contribution is 6.09. The molecule has 6 heteroatoms. The van der Waals surface area contributed by atoms with E-state index < -0.39 is 17.7 Å². The van der Waals surface area contributed by atoms with Crippen LogP contribution in [0.2, 0.25) is 0 Å². The van der Waals surface area contributed by atoms with Crippen molar-refractivity contribution in [3.63, 3.8) is 0 Å². The van der Waals surface area contributed by atoms with Crippen molar-refractivity contribution in [1.82, 2.24) is 4.98 Å². The molecule has 2 aromatic carbocycles. The molecular weight excluding hydrogens is 298 g/mol.